The van der Waals surface area contributed by atoms with Gasteiger partial charge in [0.25, 0.3) is 0 Å². The van der Waals surface area contributed by atoms with Crippen LogP contribution in [0.25, 0.3) is 21.8 Å². The third-order valence-electron chi connectivity index (χ3n) is 6.44. The Labute approximate surface area is 191 Å². The largest absolute Gasteiger partial charge is 0.383 e. The van der Waals surface area contributed by atoms with Crippen LogP contribution in [0.5, 0.6) is 0 Å². The number of fused-ring (bicyclic) bond motifs is 2. The fraction of sp³-hybridized carbons (Fsp3) is 0.292. The molecule has 164 valence electrons. The highest BCUT2D eigenvalue weighted by molar-refractivity contribution is 6.31. The zero-order chi connectivity index (χ0) is 22.2. The van der Waals surface area contributed by atoms with Crippen molar-refractivity contribution in [1.29, 1.82) is 0 Å². The van der Waals surface area contributed by atoms with Gasteiger partial charge in [-0.05, 0) is 48.9 Å². The Hall–Kier alpha value is -3.00. The SMILES string of the molecule is C[C@H]1C(C=O)N(Cc2ccc3c(N)ncnc3c2)CCN1Cc1cc2cc(Cl)ccc2[nH]1. The van der Waals surface area contributed by atoms with Crippen LogP contribution in [0.1, 0.15) is 18.2 Å². The molecule has 0 aliphatic carbocycles. The lowest BCUT2D eigenvalue weighted by atomic mass is 10.0. The number of aldehydes is 1. The predicted molar refractivity (Wildman–Crippen MR) is 127 cm³/mol. The van der Waals surface area contributed by atoms with Crippen LogP contribution in [-0.2, 0) is 17.9 Å². The first-order valence-electron chi connectivity index (χ1n) is 10.7. The average Bonchev–Trinajstić information content (AvgIpc) is 3.17. The molecule has 7 nitrogen and oxygen atoms in total. The van der Waals surface area contributed by atoms with E-state index in [0.29, 0.717) is 12.4 Å². The summed E-state index contributed by atoms with van der Waals surface area (Å²) in [5.74, 6) is 0.480. The normalized spacial score (nSPS) is 20.2. The van der Waals surface area contributed by atoms with E-state index in [9.17, 15) is 4.79 Å². The first kappa shape index (κ1) is 20.9. The Kier molecular flexibility index (Phi) is 5.55. The molecule has 2 aromatic heterocycles. The average molecular weight is 449 g/mol. The minimum absolute atomic E-state index is 0.0923. The van der Waals surface area contributed by atoms with E-state index in [-0.39, 0.29) is 12.1 Å². The quantitative estimate of drug-likeness (QED) is 0.453. The minimum Gasteiger partial charge on any atom is -0.383 e. The zero-order valence-electron chi connectivity index (χ0n) is 17.8. The second kappa shape index (κ2) is 8.50. The molecule has 1 fully saturated rings. The number of carbonyl (C=O) groups excluding carboxylic acids is 1. The van der Waals surface area contributed by atoms with E-state index in [1.807, 2.05) is 36.4 Å². The number of nitrogens with two attached hydrogens (primary N) is 1. The highest BCUT2D eigenvalue weighted by Crippen LogP contribution is 2.25. The van der Waals surface area contributed by atoms with E-state index in [1.165, 1.54) is 6.33 Å². The first-order valence-corrected chi connectivity index (χ1v) is 11.1. The molecule has 3 N–H and O–H groups in total. The highest BCUT2D eigenvalue weighted by Gasteiger charge is 2.33. The van der Waals surface area contributed by atoms with Gasteiger partial charge in [-0.3, -0.25) is 9.80 Å². The van der Waals surface area contributed by atoms with Crippen molar-refractivity contribution in [3.8, 4) is 0 Å². The molecular weight excluding hydrogens is 424 g/mol. The van der Waals surface area contributed by atoms with Crippen molar-refractivity contribution >= 4 is 45.5 Å². The number of aromatic nitrogens is 3. The molecule has 1 aliphatic rings. The van der Waals surface area contributed by atoms with Crippen molar-refractivity contribution < 1.29 is 4.79 Å². The van der Waals surface area contributed by atoms with E-state index in [4.69, 9.17) is 17.3 Å². The van der Waals surface area contributed by atoms with Crippen LogP contribution in [0.15, 0.2) is 48.8 Å². The third kappa shape index (κ3) is 3.95. The summed E-state index contributed by atoms with van der Waals surface area (Å²) in [6.07, 6.45) is 2.55. The van der Waals surface area contributed by atoms with Crippen molar-refractivity contribution in [3.05, 3.63) is 65.1 Å². The molecule has 2 atom stereocenters. The molecule has 0 amide bonds. The van der Waals surface area contributed by atoms with Crippen molar-refractivity contribution in [2.45, 2.75) is 32.1 Å². The zero-order valence-corrected chi connectivity index (χ0v) is 18.6. The molecule has 5 rings (SSSR count). The number of rotatable bonds is 5. The van der Waals surface area contributed by atoms with Gasteiger partial charge >= 0.3 is 0 Å². The maximum absolute atomic E-state index is 12.1. The smallest absolute Gasteiger partial charge is 0.138 e. The van der Waals surface area contributed by atoms with E-state index in [1.54, 1.807) is 0 Å². The number of H-pyrrole nitrogens is 1. The molecule has 4 aromatic rings. The maximum atomic E-state index is 12.1. The van der Waals surface area contributed by atoms with Crippen LogP contribution in [0.3, 0.4) is 0 Å². The fourth-order valence-corrected chi connectivity index (χ4v) is 4.84. The van der Waals surface area contributed by atoms with E-state index in [2.05, 4.69) is 37.7 Å². The highest BCUT2D eigenvalue weighted by atomic mass is 35.5. The standard InChI is InChI=1S/C24H25ClN6O/c1-15-23(13-32)31(11-16-2-4-20-22(8-16)27-14-28-24(20)26)7-6-30(15)12-19-10-17-9-18(25)3-5-21(17)29-19/h2-5,8-10,13-15,23,29H,6-7,11-12H2,1H3,(H2,26,27,28)/t15-,23?/m0/s1. The summed E-state index contributed by atoms with van der Waals surface area (Å²) in [6.45, 7) is 5.26. The molecule has 1 saturated heterocycles. The molecule has 1 aliphatic heterocycles. The van der Waals surface area contributed by atoms with Gasteiger partial charge in [-0.15, -0.1) is 0 Å². The molecule has 0 bridgehead atoms. The number of piperazine rings is 1. The summed E-state index contributed by atoms with van der Waals surface area (Å²) >= 11 is 6.12. The Morgan fingerprint density at radius 3 is 2.81 bits per heavy atom. The first-order chi connectivity index (χ1) is 15.5. The number of nitrogen functional groups attached to an aromatic ring is 1. The topological polar surface area (TPSA) is 91.1 Å². The van der Waals surface area contributed by atoms with Crippen molar-refractivity contribution in [3.63, 3.8) is 0 Å². The molecule has 2 aromatic carbocycles. The number of hydrogen-bond acceptors (Lipinski definition) is 6. The molecule has 0 saturated carbocycles. The number of hydrogen-bond donors (Lipinski definition) is 2. The third-order valence-corrected chi connectivity index (χ3v) is 6.67. The fourth-order valence-electron chi connectivity index (χ4n) is 4.66. The minimum atomic E-state index is -0.186. The van der Waals surface area contributed by atoms with Gasteiger partial charge in [-0.2, -0.15) is 0 Å². The van der Waals surface area contributed by atoms with Crippen LogP contribution < -0.4 is 5.73 Å². The van der Waals surface area contributed by atoms with Gasteiger partial charge in [0.2, 0.25) is 0 Å². The summed E-state index contributed by atoms with van der Waals surface area (Å²) in [4.78, 5) is 28.5. The van der Waals surface area contributed by atoms with Gasteiger partial charge in [-0.25, -0.2) is 9.97 Å². The lowest BCUT2D eigenvalue weighted by molar-refractivity contribution is -0.117. The van der Waals surface area contributed by atoms with Gasteiger partial charge in [0, 0.05) is 59.2 Å². The second-order valence-corrected chi connectivity index (χ2v) is 8.88. The Balaban J connectivity index is 1.31. The Morgan fingerprint density at radius 1 is 1.12 bits per heavy atom. The van der Waals surface area contributed by atoms with Crippen LogP contribution >= 0.6 is 11.6 Å². The van der Waals surface area contributed by atoms with E-state index < -0.39 is 0 Å². The number of carbonyl (C=O) groups is 1. The molecule has 32 heavy (non-hydrogen) atoms. The van der Waals surface area contributed by atoms with Gasteiger partial charge < -0.3 is 15.5 Å². The molecule has 0 radical (unpaired) electrons. The number of nitrogens with zero attached hydrogens (tertiary/aromatic N) is 4. The van der Waals surface area contributed by atoms with Gasteiger partial charge in [0.05, 0.1) is 11.6 Å². The van der Waals surface area contributed by atoms with Crippen LogP contribution in [0.4, 0.5) is 5.82 Å². The molecule has 8 heteroatoms. The number of anilines is 1. The molecular formula is C24H25ClN6O. The maximum Gasteiger partial charge on any atom is 0.138 e. The Bertz CT molecular complexity index is 1290. The van der Waals surface area contributed by atoms with Crippen LogP contribution in [0, 0.1) is 0 Å². The number of nitrogens with one attached hydrogen (secondary N) is 1. The van der Waals surface area contributed by atoms with Crippen LogP contribution in [-0.4, -0.2) is 56.2 Å². The van der Waals surface area contributed by atoms with Crippen molar-refractivity contribution in [1.82, 2.24) is 24.8 Å². The van der Waals surface area contributed by atoms with Crippen molar-refractivity contribution in [2.24, 2.45) is 0 Å². The predicted octanol–water partition coefficient (Wildman–Crippen LogP) is 3.62. The second-order valence-electron chi connectivity index (χ2n) is 8.44. The molecule has 0 spiro atoms. The van der Waals surface area contributed by atoms with Crippen molar-refractivity contribution in [2.75, 3.05) is 18.8 Å². The Morgan fingerprint density at radius 2 is 1.97 bits per heavy atom. The summed E-state index contributed by atoms with van der Waals surface area (Å²) in [7, 11) is 0. The van der Waals surface area contributed by atoms with E-state index >= 15 is 0 Å². The van der Waals surface area contributed by atoms with Gasteiger partial charge in [-0.1, -0.05) is 17.7 Å². The number of aromatic amines is 1. The summed E-state index contributed by atoms with van der Waals surface area (Å²) in [5.41, 5.74) is 10.1. The summed E-state index contributed by atoms with van der Waals surface area (Å²) < 4.78 is 0. The van der Waals surface area contributed by atoms with E-state index in [0.717, 1.165) is 64.0 Å². The number of benzene rings is 2. The lowest BCUT2D eigenvalue weighted by Crippen LogP contribution is -2.58. The monoisotopic (exact) mass is 448 g/mol. The summed E-state index contributed by atoms with van der Waals surface area (Å²) in [5, 5.41) is 2.68. The van der Waals surface area contributed by atoms with Gasteiger partial charge in [0.15, 0.2) is 0 Å². The number of halogens is 1. The van der Waals surface area contributed by atoms with Gasteiger partial charge in [0.1, 0.15) is 18.4 Å². The molecule has 1 unspecified atom stereocenters. The van der Waals surface area contributed by atoms with Crippen LogP contribution in [0.2, 0.25) is 5.02 Å². The summed E-state index contributed by atoms with van der Waals surface area (Å²) in [6, 6.07) is 13.9. The lowest BCUT2D eigenvalue weighted by Gasteiger charge is -2.44. The molecule has 3 heterocycles.